The number of carbonyl (C=O) groups is 2. The molecule has 0 aliphatic carbocycles. The Hall–Kier alpha value is -2.86. The van der Waals surface area contributed by atoms with Gasteiger partial charge in [-0.3, -0.25) is 14.5 Å². The number of para-hydroxylation sites is 1. The summed E-state index contributed by atoms with van der Waals surface area (Å²) in [5, 5.41) is 7.24. The van der Waals surface area contributed by atoms with Crippen molar-refractivity contribution >= 4 is 40.7 Å². The van der Waals surface area contributed by atoms with Gasteiger partial charge in [-0.2, -0.15) is 0 Å². The van der Waals surface area contributed by atoms with Crippen molar-refractivity contribution in [3.8, 4) is 0 Å². The number of anilines is 1. The van der Waals surface area contributed by atoms with Crippen LogP contribution in [0.2, 0.25) is 10.0 Å². The first-order valence-corrected chi connectivity index (χ1v) is 12.6. The number of rotatable bonds is 8. The van der Waals surface area contributed by atoms with Gasteiger partial charge >= 0.3 is 0 Å². The lowest BCUT2D eigenvalue weighted by molar-refractivity contribution is -0.121. The van der Waals surface area contributed by atoms with Crippen LogP contribution in [0.15, 0.2) is 72.8 Å². The summed E-state index contributed by atoms with van der Waals surface area (Å²) in [5.41, 5.74) is 3.22. The third kappa shape index (κ3) is 7.07. The molecule has 0 saturated carbocycles. The second kappa shape index (κ2) is 12.2. The topological polar surface area (TPSA) is 61.4 Å². The molecule has 0 unspecified atom stereocenters. The number of halogens is 2. The van der Waals surface area contributed by atoms with Crippen molar-refractivity contribution in [3.05, 3.63) is 99.5 Å². The lowest BCUT2D eigenvalue weighted by Gasteiger charge is -2.31. The number of likely N-dealkylation sites (tertiary alicyclic amines) is 1. The van der Waals surface area contributed by atoms with Crippen LogP contribution in [0, 0.1) is 5.92 Å². The minimum absolute atomic E-state index is 0.0429. The van der Waals surface area contributed by atoms with Gasteiger partial charge in [-0.25, -0.2) is 0 Å². The van der Waals surface area contributed by atoms with Crippen molar-refractivity contribution in [2.75, 3.05) is 25.0 Å². The summed E-state index contributed by atoms with van der Waals surface area (Å²) < 4.78 is 0. The third-order valence-corrected chi connectivity index (χ3v) is 6.93. The van der Waals surface area contributed by atoms with Crippen LogP contribution < -0.4 is 10.6 Å². The summed E-state index contributed by atoms with van der Waals surface area (Å²) in [6, 6.07) is 22.7. The Kier molecular flexibility index (Phi) is 8.80. The molecule has 1 fully saturated rings. The fourth-order valence-electron chi connectivity index (χ4n) is 4.33. The first-order chi connectivity index (χ1) is 17.0. The van der Waals surface area contributed by atoms with E-state index in [2.05, 4.69) is 15.5 Å². The molecule has 0 bridgehead atoms. The molecule has 5 nitrogen and oxygen atoms in total. The maximum Gasteiger partial charge on any atom is 0.253 e. The van der Waals surface area contributed by atoms with Crippen LogP contribution in [0.1, 0.15) is 34.3 Å². The van der Waals surface area contributed by atoms with Crippen molar-refractivity contribution in [2.45, 2.75) is 25.8 Å². The average Bonchev–Trinajstić information content (AvgIpc) is 2.87. The number of hydrogen-bond acceptors (Lipinski definition) is 3. The van der Waals surface area contributed by atoms with E-state index >= 15 is 0 Å². The summed E-state index contributed by atoms with van der Waals surface area (Å²) in [5.74, 6) is -0.327. The molecule has 7 heteroatoms. The molecule has 1 heterocycles. The van der Waals surface area contributed by atoms with Crippen LogP contribution in [-0.4, -0.2) is 36.3 Å². The van der Waals surface area contributed by atoms with E-state index in [0.29, 0.717) is 27.8 Å². The van der Waals surface area contributed by atoms with Gasteiger partial charge in [0.05, 0.1) is 11.3 Å². The van der Waals surface area contributed by atoms with E-state index < -0.39 is 0 Å². The first-order valence-electron chi connectivity index (χ1n) is 11.9. The van der Waals surface area contributed by atoms with Crippen molar-refractivity contribution in [2.24, 2.45) is 5.92 Å². The van der Waals surface area contributed by atoms with Crippen LogP contribution in [-0.2, 0) is 17.8 Å². The molecule has 4 rings (SSSR count). The second-order valence-corrected chi connectivity index (χ2v) is 9.66. The van der Waals surface area contributed by atoms with Crippen LogP contribution in [0.5, 0.6) is 0 Å². The Bertz CT molecular complexity index is 1160. The Balaban J connectivity index is 1.28. The lowest BCUT2D eigenvalue weighted by atomic mass is 9.95. The molecule has 3 aromatic rings. The largest absolute Gasteiger partial charge is 0.352 e. The predicted molar refractivity (Wildman–Crippen MR) is 142 cm³/mol. The van der Waals surface area contributed by atoms with Gasteiger partial charge in [0.25, 0.3) is 5.91 Å². The van der Waals surface area contributed by atoms with E-state index in [1.54, 1.807) is 18.2 Å². The molecule has 1 aliphatic heterocycles. The zero-order chi connectivity index (χ0) is 24.6. The number of benzene rings is 3. The Morgan fingerprint density at radius 1 is 0.914 bits per heavy atom. The highest BCUT2D eigenvalue weighted by Crippen LogP contribution is 2.26. The van der Waals surface area contributed by atoms with E-state index in [-0.39, 0.29) is 17.7 Å². The number of nitrogens with one attached hydrogen (secondary N) is 2. The van der Waals surface area contributed by atoms with Crippen LogP contribution in [0.3, 0.4) is 0 Å². The van der Waals surface area contributed by atoms with Crippen LogP contribution >= 0.6 is 23.2 Å². The molecule has 3 aromatic carbocycles. The molecule has 2 amide bonds. The molecule has 1 aliphatic rings. The van der Waals surface area contributed by atoms with Crippen molar-refractivity contribution < 1.29 is 9.59 Å². The molecule has 0 radical (unpaired) electrons. The monoisotopic (exact) mass is 509 g/mol. The zero-order valence-electron chi connectivity index (χ0n) is 19.5. The van der Waals surface area contributed by atoms with Crippen LogP contribution in [0.25, 0.3) is 0 Å². The zero-order valence-corrected chi connectivity index (χ0v) is 21.0. The highest BCUT2D eigenvalue weighted by molar-refractivity contribution is 6.35. The van der Waals surface area contributed by atoms with Gasteiger partial charge in [-0.15, -0.1) is 0 Å². The van der Waals surface area contributed by atoms with Crippen molar-refractivity contribution in [1.29, 1.82) is 0 Å². The highest BCUT2D eigenvalue weighted by Gasteiger charge is 2.26. The SMILES string of the molecule is O=C(NCCc1ccccc1)c1ccccc1NC(=O)C1CCN(Cc2ccc(Cl)cc2Cl)CC1. The second-order valence-electron chi connectivity index (χ2n) is 8.81. The minimum Gasteiger partial charge on any atom is -0.352 e. The summed E-state index contributed by atoms with van der Waals surface area (Å²) in [6.45, 7) is 2.87. The van der Waals surface area contributed by atoms with Gasteiger partial charge in [-0.1, -0.05) is 71.7 Å². The summed E-state index contributed by atoms with van der Waals surface area (Å²) >= 11 is 12.3. The Morgan fingerprint density at radius 3 is 2.37 bits per heavy atom. The van der Waals surface area contributed by atoms with Gasteiger partial charge in [0.15, 0.2) is 0 Å². The fourth-order valence-corrected chi connectivity index (χ4v) is 4.80. The maximum absolute atomic E-state index is 13.0. The number of hydrogen-bond donors (Lipinski definition) is 2. The Labute approximate surface area is 216 Å². The maximum atomic E-state index is 13.0. The molecule has 0 aromatic heterocycles. The normalized spacial score (nSPS) is 14.5. The lowest BCUT2D eigenvalue weighted by Crippen LogP contribution is -2.38. The fraction of sp³-hybridized carbons (Fsp3) is 0.286. The van der Waals surface area contributed by atoms with E-state index in [1.165, 1.54) is 5.56 Å². The molecule has 1 saturated heterocycles. The van der Waals surface area contributed by atoms with Gasteiger partial charge in [0.2, 0.25) is 5.91 Å². The molecule has 35 heavy (non-hydrogen) atoms. The smallest absolute Gasteiger partial charge is 0.253 e. The molecule has 0 spiro atoms. The first kappa shape index (κ1) is 25.2. The highest BCUT2D eigenvalue weighted by atomic mass is 35.5. The van der Waals surface area contributed by atoms with Gasteiger partial charge < -0.3 is 10.6 Å². The van der Waals surface area contributed by atoms with E-state index in [4.69, 9.17) is 23.2 Å². The molecular weight excluding hydrogens is 481 g/mol. The summed E-state index contributed by atoms with van der Waals surface area (Å²) in [6.07, 6.45) is 2.26. The number of piperidine rings is 1. The molecule has 0 atom stereocenters. The molecule has 182 valence electrons. The predicted octanol–water partition coefficient (Wildman–Crippen LogP) is 5.82. The van der Waals surface area contributed by atoms with E-state index in [1.807, 2.05) is 54.6 Å². The van der Waals surface area contributed by atoms with E-state index in [9.17, 15) is 9.59 Å². The third-order valence-electron chi connectivity index (χ3n) is 6.34. The van der Waals surface area contributed by atoms with Crippen LogP contribution in [0.4, 0.5) is 5.69 Å². The average molecular weight is 510 g/mol. The number of amides is 2. The Morgan fingerprint density at radius 2 is 1.63 bits per heavy atom. The standard InChI is InChI=1S/C28H29Cl2N3O2/c29-23-11-10-22(25(30)18-23)19-33-16-13-21(14-17-33)27(34)32-26-9-5-4-8-24(26)28(35)31-15-12-20-6-2-1-3-7-20/h1-11,18,21H,12-17,19H2,(H,31,35)(H,32,34). The molecular formula is C28H29Cl2N3O2. The van der Waals surface area contributed by atoms with Crippen molar-refractivity contribution in [3.63, 3.8) is 0 Å². The summed E-state index contributed by atoms with van der Waals surface area (Å²) in [7, 11) is 0. The minimum atomic E-state index is -0.188. The number of carbonyl (C=O) groups excluding carboxylic acids is 2. The number of nitrogens with zero attached hydrogens (tertiary/aromatic N) is 1. The van der Waals surface area contributed by atoms with Gasteiger partial charge in [0.1, 0.15) is 0 Å². The quantitative estimate of drug-likeness (QED) is 0.402. The molecule has 2 N–H and O–H groups in total. The van der Waals surface area contributed by atoms with Crippen molar-refractivity contribution in [1.82, 2.24) is 10.2 Å². The van der Waals surface area contributed by atoms with Gasteiger partial charge in [0, 0.05) is 29.1 Å². The van der Waals surface area contributed by atoms with E-state index in [0.717, 1.165) is 44.5 Å². The summed E-state index contributed by atoms with van der Waals surface area (Å²) in [4.78, 5) is 28.1. The van der Waals surface area contributed by atoms with Gasteiger partial charge in [-0.05, 0) is 67.7 Å².